The van der Waals surface area contributed by atoms with Gasteiger partial charge in [-0.2, -0.15) is 0 Å². The zero-order chi connectivity index (χ0) is 16.5. The van der Waals surface area contributed by atoms with Crippen LogP contribution in [0.15, 0.2) is 35.7 Å². The first-order chi connectivity index (χ1) is 11.7. The molecule has 2 aliphatic heterocycles. The molecule has 1 N–H and O–H groups in total. The normalized spacial score (nSPS) is 18.6. The summed E-state index contributed by atoms with van der Waals surface area (Å²) in [5.41, 5.74) is 0.677. The Kier molecular flexibility index (Phi) is 3.73. The lowest BCUT2D eigenvalue weighted by Crippen LogP contribution is -2.34. The van der Waals surface area contributed by atoms with Crippen LogP contribution in [0, 0.1) is 0 Å². The topological polar surface area (TPSA) is 77.1 Å². The molecule has 1 atom stereocenters. The van der Waals surface area contributed by atoms with E-state index in [0.717, 1.165) is 0 Å². The van der Waals surface area contributed by atoms with Gasteiger partial charge in [0.2, 0.25) is 6.79 Å². The number of benzene rings is 1. The maximum atomic E-state index is 12.1. The lowest BCUT2D eigenvalue weighted by atomic mass is 10.2. The van der Waals surface area contributed by atoms with Crippen molar-refractivity contribution in [2.75, 3.05) is 24.8 Å². The SMILES string of the molecule is O=C(NCC1CN(c2ccc3c(c2)OCO3)C(=O)O1)c1cccs1. The van der Waals surface area contributed by atoms with Gasteiger partial charge in [-0.15, -0.1) is 11.3 Å². The molecule has 1 unspecified atom stereocenters. The predicted molar refractivity (Wildman–Crippen MR) is 86.8 cm³/mol. The summed E-state index contributed by atoms with van der Waals surface area (Å²) in [4.78, 5) is 26.2. The van der Waals surface area contributed by atoms with Gasteiger partial charge < -0.3 is 19.5 Å². The molecule has 1 fully saturated rings. The lowest BCUT2D eigenvalue weighted by molar-refractivity contribution is 0.0920. The minimum absolute atomic E-state index is 0.164. The van der Waals surface area contributed by atoms with Gasteiger partial charge in [-0.25, -0.2) is 4.79 Å². The van der Waals surface area contributed by atoms with Crippen molar-refractivity contribution in [1.82, 2.24) is 5.32 Å². The van der Waals surface area contributed by atoms with Crippen LogP contribution in [0.25, 0.3) is 0 Å². The van der Waals surface area contributed by atoms with E-state index in [2.05, 4.69) is 5.32 Å². The molecule has 7 nitrogen and oxygen atoms in total. The van der Waals surface area contributed by atoms with Gasteiger partial charge in [0, 0.05) is 6.07 Å². The number of carbonyl (C=O) groups excluding carboxylic acids is 2. The molecule has 8 heteroatoms. The summed E-state index contributed by atoms with van der Waals surface area (Å²) in [6.07, 6.45) is -0.837. The number of carbonyl (C=O) groups is 2. The molecule has 0 bridgehead atoms. The fraction of sp³-hybridized carbons (Fsp3) is 0.250. The van der Waals surface area contributed by atoms with Crippen LogP contribution >= 0.6 is 11.3 Å². The molecule has 3 heterocycles. The third-order valence-electron chi connectivity index (χ3n) is 3.78. The molecule has 2 aromatic rings. The highest BCUT2D eigenvalue weighted by Crippen LogP contribution is 2.36. The van der Waals surface area contributed by atoms with E-state index in [0.29, 0.717) is 28.6 Å². The van der Waals surface area contributed by atoms with Crippen molar-refractivity contribution in [3.05, 3.63) is 40.6 Å². The summed E-state index contributed by atoms with van der Waals surface area (Å²) in [5.74, 6) is 1.10. The third kappa shape index (κ3) is 2.76. The Balaban J connectivity index is 1.39. The second-order valence-corrected chi connectivity index (χ2v) is 6.29. The highest BCUT2D eigenvalue weighted by molar-refractivity contribution is 7.12. The molecule has 2 aliphatic rings. The molecule has 24 heavy (non-hydrogen) atoms. The van der Waals surface area contributed by atoms with Gasteiger partial charge >= 0.3 is 6.09 Å². The number of anilines is 1. The first-order valence-electron chi connectivity index (χ1n) is 7.40. The first-order valence-corrected chi connectivity index (χ1v) is 8.28. The fourth-order valence-corrected chi connectivity index (χ4v) is 3.23. The second kappa shape index (κ2) is 6.04. The molecule has 0 saturated carbocycles. The fourth-order valence-electron chi connectivity index (χ4n) is 2.59. The van der Waals surface area contributed by atoms with Gasteiger partial charge in [-0.05, 0) is 23.6 Å². The number of nitrogens with zero attached hydrogens (tertiary/aromatic N) is 1. The van der Waals surface area contributed by atoms with Gasteiger partial charge in [0.1, 0.15) is 6.10 Å². The van der Waals surface area contributed by atoms with Crippen LogP contribution in [0.3, 0.4) is 0 Å². The van der Waals surface area contributed by atoms with E-state index in [-0.39, 0.29) is 19.2 Å². The van der Waals surface area contributed by atoms with Gasteiger partial charge in [-0.3, -0.25) is 9.69 Å². The van der Waals surface area contributed by atoms with Crippen LogP contribution in [0.4, 0.5) is 10.5 Å². The number of hydrogen-bond acceptors (Lipinski definition) is 6. The van der Waals surface area contributed by atoms with Crippen molar-refractivity contribution in [2.45, 2.75) is 6.10 Å². The average Bonchev–Trinajstić information content (AvgIpc) is 3.32. The van der Waals surface area contributed by atoms with Crippen LogP contribution in [0.2, 0.25) is 0 Å². The Morgan fingerprint density at radius 2 is 2.17 bits per heavy atom. The van der Waals surface area contributed by atoms with Crippen LogP contribution in [-0.2, 0) is 4.74 Å². The number of ether oxygens (including phenoxy) is 3. The summed E-state index contributed by atoms with van der Waals surface area (Å²) < 4.78 is 15.9. The summed E-state index contributed by atoms with van der Waals surface area (Å²) in [5, 5.41) is 4.62. The Bertz CT molecular complexity index is 777. The Labute approximate surface area is 141 Å². The number of nitrogens with one attached hydrogen (secondary N) is 1. The molecular formula is C16H14N2O5S. The lowest BCUT2D eigenvalue weighted by Gasteiger charge is -2.13. The molecule has 124 valence electrons. The van der Waals surface area contributed by atoms with E-state index in [1.165, 1.54) is 16.2 Å². The van der Waals surface area contributed by atoms with E-state index >= 15 is 0 Å². The predicted octanol–water partition coefficient (Wildman–Crippen LogP) is 2.23. The zero-order valence-corrected chi connectivity index (χ0v) is 13.4. The first kappa shape index (κ1) is 14.8. The van der Waals surface area contributed by atoms with E-state index in [4.69, 9.17) is 14.2 Å². The molecule has 2 amide bonds. The second-order valence-electron chi connectivity index (χ2n) is 5.34. The zero-order valence-electron chi connectivity index (χ0n) is 12.6. The van der Waals surface area contributed by atoms with E-state index in [9.17, 15) is 9.59 Å². The average molecular weight is 346 g/mol. The molecule has 0 radical (unpaired) electrons. The van der Waals surface area contributed by atoms with E-state index < -0.39 is 12.2 Å². The summed E-state index contributed by atoms with van der Waals surface area (Å²) in [7, 11) is 0. The number of thiophene rings is 1. The Morgan fingerprint density at radius 3 is 3.00 bits per heavy atom. The minimum Gasteiger partial charge on any atom is -0.454 e. The highest BCUT2D eigenvalue weighted by atomic mass is 32.1. The van der Waals surface area contributed by atoms with Crippen molar-refractivity contribution >= 4 is 29.0 Å². The number of amides is 2. The summed E-state index contributed by atoms with van der Waals surface area (Å²) in [6, 6.07) is 8.85. The van der Waals surface area contributed by atoms with E-state index in [1.807, 2.05) is 11.4 Å². The maximum Gasteiger partial charge on any atom is 0.414 e. The summed E-state index contributed by atoms with van der Waals surface area (Å²) in [6.45, 7) is 0.813. The summed E-state index contributed by atoms with van der Waals surface area (Å²) >= 11 is 1.37. The maximum absolute atomic E-state index is 12.1. The molecule has 1 aromatic carbocycles. The van der Waals surface area contributed by atoms with Gasteiger partial charge in [0.05, 0.1) is 23.7 Å². The number of hydrogen-bond donors (Lipinski definition) is 1. The van der Waals surface area contributed by atoms with Crippen LogP contribution in [-0.4, -0.2) is 38.0 Å². The number of cyclic esters (lactones) is 1. The van der Waals surface area contributed by atoms with Crippen molar-refractivity contribution in [3.63, 3.8) is 0 Å². The number of fused-ring (bicyclic) bond motifs is 1. The smallest absolute Gasteiger partial charge is 0.414 e. The van der Waals surface area contributed by atoms with Crippen LogP contribution in [0.5, 0.6) is 11.5 Å². The largest absolute Gasteiger partial charge is 0.454 e. The van der Waals surface area contributed by atoms with Gasteiger partial charge in [0.25, 0.3) is 5.91 Å². The Hall–Kier alpha value is -2.74. The molecule has 1 saturated heterocycles. The Morgan fingerprint density at radius 1 is 1.29 bits per heavy atom. The third-order valence-corrected chi connectivity index (χ3v) is 4.65. The van der Waals surface area contributed by atoms with Crippen molar-refractivity contribution < 1.29 is 23.8 Å². The molecule has 4 rings (SSSR count). The van der Waals surface area contributed by atoms with Crippen molar-refractivity contribution in [1.29, 1.82) is 0 Å². The molecular weight excluding hydrogens is 332 g/mol. The molecule has 0 aliphatic carbocycles. The number of rotatable bonds is 4. The van der Waals surface area contributed by atoms with Crippen LogP contribution < -0.4 is 19.7 Å². The van der Waals surface area contributed by atoms with E-state index in [1.54, 1.807) is 24.3 Å². The molecule has 0 spiro atoms. The minimum atomic E-state index is -0.441. The van der Waals surface area contributed by atoms with Crippen molar-refractivity contribution in [2.24, 2.45) is 0 Å². The standard InChI is InChI=1S/C16H14N2O5S/c19-15(14-2-1-5-24-14)17-7-11-8-18(16(20)23-11)10-3-4-12-13(6-10)22-9-21-12/h1-6,11H,7-9H2,(H,17,19). The quantitative estimate of drug-likeness (QED) is 0.919. The highest BCUT2D eigenvalue weighted by Gasteiger charge is 2.33. The monoisotopic (exact) mass is 346 g/mol. The van der Waals surface area contributed by atoms with Gasteiger partial charge in [0.15, 0.2) is 11.5 Å². The van der Waals surface area contributed by atoms with Crippen LogP contribution in [0.1, 0.15) is 9.67 Å². The van der Waals surface area contributed by atoms with Crippen molar-refractivity contribution in [3.8, 4) is 11.5 Å². The van der Waals surface area contributed by atoms with Gasteiger partial charge in [-0.1, -0.05) is 6.07 Å². The molecule has 1 aromatic heterocycles.